The molecule has 0 saturated carbocycles. The Morgan fingerprint density at radius 3 is 2.23 bits per heavy atom. The first-order valence-electron chi connectivity index (χ1n) is 8.08. The van der Waals surface area contributed by atoms with Crippen LogP contribution in [0.2, 0.25) is 0 Å². The Labute approximate surface area is 134 Å². The highest BCUT2D eigenvalue weighted by Gasteiger charge is 2.10. The van der Waals surface area contributed by atoms with Crippen molar-refractivity contribution in [2.75, 3.05) is 24.6 Å². The summed E-state index contributed by atoms with van der Waals surface area (Å²) in [6.07, 6.45) is 1.20. The van der Waals surface area contributed by atoms with Crippen LogP contribution in [-0.4, -0.2) is 30.8 Å². The van der Waals surface area contributed by atoms with Crippen molar-refractivity contribution in [3.63, 3.8) is 0 Å². The summed E-state index contributed by atoms with van der Waals surface area (Å²) in [6.45, 7) is 10.7. The Hall–Kier alpha value is -1.71. The number of anilines is 1. The molecule has 0 heterocycles. The summed E-state index contributed by atoms with van der Waals surface area (Å²) in [7, 11) is 0. The maximum Gasteiger partial charge on any atom is 0.305 e. The van der Waals surface area contributed by atoms with Crippen molar-refractivity contribution >= 4 is 11.7 Å². The van der Waals surface area contributed by atoms with E-state index in [1.807, 2.05) is 24.3 Å². The van der Waals surface area contributed by atoms with Crippen molar-refractivity contribution in [3.05, 3.63) is 24.3 Å². The first-order valence-corrected chi connectivity index (χ1v) is 8.08. The molecule has 124 valence electrons. The molecule has 1 rings (SSSR count). The summed E-state index contributed by atoms with van der Waals surface area (Å²) in [5, 5.41) is 8.91. The fourth-order valence-corrected chi connectivity index (χ4v) is 2.03. The topological polar surface area (TPSA) is 49.8 Å². The average molecular weight is 307 g/mol. The molecule has 1 N–H and O–H groups in total. The van der Waals surface area contributed by atoms with Gasteiger partial charge < -0.3 is 14.7 Å². The summed E-state index contributed by atoms with van der Waals surface area (Å²) >= 11 is 0. The highest BCUT2D eigenvalue weighted by atomic mass is 16.5. The quantitative estimate of drug-likeness (QED) is 0.708. The first kappa shape index (κ1) is 18.3. The summed E-state index contributed by atoms with van der Waals surface area (Å²) in [4.78, 5) is 13.0. The van der Waals surface area contributed by atoms with Crippen molar-refractivity contribution in [2.45, 2.75) is 40.5 Å². The second-order valence-corrected chi connectivity index (χ2v) is 6.51. The molecule has 0 aliphatic heterocycles. The van der Waals surface area contributed by atoms with Crippen LogP contribution in [0.4, 0.5) is 5.69 Å². The van der Waals surface area contributed by atoms with Gasteiger partial charge in [0.2, 0.25) is 0 Å². The summed E-state index contributed by atoms with van der Waals surface area (Å²) in [6, 6.07) is 7.94. The minimum atomic E-state index is -0.758. The Kier molecular flexibility index (Phi) is 7.78. The molecule has 1 aromatic rings. The molecule has 0 aliphatic rings. The molecule has 0 spiro atoms. The molecule has 0 fully saturated rings. The Morgan fingerprint density at radius 2 is 1.73 bits per heavy atom. The number of carboxylic acid groups (broad SMARTS) is 1. The van der Waals surface area contributed by atoms with Crippen LogP contribution < -0.4 is 9.64 Å². The molecule has 0 aliphatic carbocycles. The van der Waals surface area contributed by atoms with E-state index in [2.05, 4.69) is 32.6 Å². The number of rotatable bonds is 10. The number of hydrogen-bond donors (Lipinski definition) is 1. The van der Waals surface area contributed by atoms with E-state index in [1.165, 1.54) is 0 Å². The van der Waals surface area contributed by atoms with Crippen LogP contribution in [0.3, 0.4) is 0 Å². The maximum atomic E-state index is 10.8. The lowest BCUT2D eigenvalue weighted by atomic mass is 10.1. The fraction of sp³-hybridized carbons (Fsp3) is 0.611. The molecular weight excluding hydrogens is 278 g/mol. The lowest BCUT2D eigenvalue weighted by Gasteiger charge is -2.25. The molecule has 0 bridgehead atoms. The van der Waals surface area contributed by atoms with Crippen LogP contribution in [0.1, 0.15) is 40.5 Å². The third kappa shape index (κ3) is 7.34. The SMILES string of the molecule is CC(C)CCN(CCC(=O)O)c1ccc(OCC(C)C)cc1. The van der Waals surface area contributed by atoms with Crippen molar-refractivity contribution in [2.24, 2.45) is 11.8 Å². The van der Waals surface area contributed by atoms with Gasteiger partial charge in [0.15, 0.2) is 0 Å². The van der Waals surface area contributed by atoms with Gasteiger partial charge in [0, 0.05) is 18.8 Å². The van der Waals surface area contributed by atoms with Crippen LogP contribution in [0.25, 0.3) is 0 Å². The minimum Gasteiger partial charge on any atom is -0.493 e. The largest absolute Gasteiger partial charge is 0.493 e. The van der Waals surface area contributed by atoms with Crippen LogP contribution in [0.5, 0.6) is 5.75 Å². The lowest BCUT2D eigenvalue weighted by molar-refractivity contribution is -0.136. The molecule has 22 heavy (non-hydrogen) atoms. The van der Waals surface area contributed by atoms with Gasteiger partial charge in [-0.2, -0.15) is 0 Å². The Balaban J connectivity index is 2.68. The number of benzene rings is 1. The van der Waals surface area contributed by atoms with E-state index in [1.54, 1.807) is 0 Å². The smallest absolute Gasteiger partial charge is 0.305 e. The van der Waals surface area contributed by atoms with Crippen molar-refractivity contribution < 1.29 is 14.6 Å². The van der Waals surface area contributed by atoms with Gasteiger partial charge in [0.1, 0.15) is 5.75 Å². The molecule has 0 aromatic heterocycles. The first-order chi connectivity index (χ1) is 10.4. The van der Waals surface area contributed by atoms with E-state index >= 15 is 0 Å². The predicted molar refractivity (Wildman–Crippen MR) is 90.7 cm³/mol. The molecule has 0 unspecified atom stereocenters. The third-order valence-electron chi connectivity index (χ3n) is 3.36. The zero-order valence-corrected chi connectivity index (χ0v) is 14.2. The second-order valence-electron chi connectivity index (χ2n) is 6.51. The molecular formula is C18H29NO3. The summed E-state index contributed by atoms with van der Waals surface area (Å²) in [5.41, 5.74) is 1.05. The number of ether oxygens (including phenoxy) is 1. The molecule has 0 amide bonds. The Morgan fingerprint density at radius 1 is 1.09 bits per heavy atom. The molecule has 0 atom stereocenters. The standard InChI is InChI=1S/C18H29NO3/c1-14(2)9-11-19(12-10-18(20)21)16-5-7-17(8-6-16)22-13-15(3)4/h5-8,14-15H,9-13H2,1-4H3,(H,20,21). The van der Waals surface area contributed by atoms with E-state index in [0.717, 1.165) is 24.4 Å². The summed E-state index contributed by atoms with van der Waals surface area (Å²) < 4.78 is 5.69. The highest BCUT2D eigenvalue weighted by Crippen LogP contribution is 2.21. The normalized spacial score (nSPS) is 11.0. The third-order valence-corrected chi connectivity index (χ3v) is 3.36. The van der Waals surface area contributed by atoms with Crippen molar-refractivity contribution in [1.82, 2.24) is 0 Å². The lowest BCUT2D eigenvalue weighted by Crippen LogP contribution is -2.28. The van der Waals surface area contributed by atoms with Gasteiger partial charge in [-0.25, -0.2) is 0 Å². The predicted octanol–water partition coefficient (Wildman–Crippen LogP) is 4.05. The zero-order valence-electron chi connectivity index (χ0n) is 14.2. The van der Waals surface area contributed by atoms with E-state index in [0.29, 0.717) is 25.0 Å². The van der Waals surface area contributed by atoms with Gasteiger partial charge in [-0.1, -0.05) is 27.7 Å². The van der Waals surface area contributed by atoms with E-state index in [4.69, 9.17) is 9.84 Å². The number of aliphatic carboxylic acids is 1. The summed E-state index contributed by atoms with van der Waals surface area (Å²) in [5.74, 6) is 1.20. The van der Waals surface area contributed by atoms with Crippen LogP contribution in [0.15, 0.2) is 24.3 Å². The Bertz CT molecular complexity index is 440. The molecule has 0 radical (unpaired) electrons. The van der Waals surface area contributed by atoms with Crippen LogP contribution in [-0.2, 0) is 4.79 Å². The van der Waals surface area contributed by atoms with E-state index in [9.17, 15) is 4.79 Å². The monoisotopic (exact) mass is 307 g/mol. The minimum absolute atomic E-state index is 0.156. The second kappa shape index (κ2) is 9.34. The van der Waals surface area contributed by atoms with Crippen LogP contribution in [0, 0.1) is 11.8 Å². The fourth-order valence-electron chi connectivity index (χ4n) is 2.03. The van der Waals surface area contributed by atoms with E-state index in [-0.39, 0.29) is 6.42 Å². The number of carbonyl (C=O) groups is 1. The number of hydrogen-bond acceptors (Lipinski definition) is 3. The van der Waals surface area contributed by atoms with Crippen molar-refractivity contribution in [1.29, 1.82) is 0 Å². The van der Waals surface area contributed by atoms with Gasteiger partial charge in [0.25, 0.3) is 0 Å². The molecule has 4 nitrogen and oxygen atoms in total. The van der Waals surface area contributed by atoms with Crippen LogP contribution >= 0.6 is 0 Å². The van der Waals surface area contributed by atoms with Gasteiger partial charge in [-0.05, 0) is 42.5 Å². The van der Waals surface area contributed by atoms with Gasteiger partial charge in [0.05, 0.1) is 13.0 Å². The van der Waals surface area contributed by atoms with Gasteiger partial charge >= 0.3 is 5.97 Å². The molecule has 4 heteroatoms. The van der Waals surface area contributed by atoms with Gasteiger partial charge in [-0.3, -0.25) is 4.79 Å². The number of carboxylic acids is 1. The average Bonchev–Trinajstić information content (AvgIpc) is 2.45. The molecule has 0 saturated heterocycles. The van der Waals surface area contributed by atoms with Crippen molar-refractivity contribution in [3.8, 4) is 5.75 Å². The number of nitrogens with zero attached hydrogens (tertiary/aromatic N) is 1. The van der Waals surface area contributed by atoms with Gasteiger partial charge in [-0.15, -0.1) is 0 Å². The van der Waals surface area contributed by atoms with E-state index < -0.39 is 5.97 Å². The molecule has 1 aromatic carbocycles. The zero-order chi connectivity index (χ0) is 16.5. The highest BCUT2D eigenvalue weighted by molar-refractivity contribution is 5.67. The maximum absolute atomic E-state index is 10.8.